The van der Waals surface area contributed by atoms with Crippen molar-refractivity contribution < 1.29 is 9.90 Å². The van der Waals surface area contributed by atoms with Crippen molar-refractivity contribution in [2.75, 3.05) is 17.2 Å². The molecule has 0 radical (unpaired) electrons. The summed E-state index contributed by atoms with van der Waals surface area (Å²) >= 11 is 0. The van der Waals surface area contributed by atoms with Crippen LogP contribution in [0.2, 0.25) is 0 Å². The van der Waals surface area contributed by atoms with Crippen molar-refractivity contribution in [2.45, 2.75) is 30.8 Å². The molecule has 1 aliphatic carbocycles. The Balaban J connectivity index is 1.62. The van der Waals surface area contributed by atoms with Crippen molar-refractivity contribution >= 4 is 17.4 Å². The lowest BCUT2D eigenvalue weighted by Crippen LogP contribution is -2.30. The monoisotopic (exact) mass is 307 g/mol. The van der Waals surface area contributed by atoms with Crippen LogP contribution in [-0.4, -0.2) is 22.5 Å². The molecule has 1 saturated carbocycles. The minimum Gasteiger partial charge on any atom is -0.375 e. The number of fused-ring (bicyclic) bond motifs is 3. The Morgan fingerprint density at radius 1 is 1.17 bits per heavy atom. The molecule has 3 heterocycles. The number of aliphatic hydroxyl groups is 1. The first-order valence-electron chi connectivity index (χ1n) is 7.93. The molecular formula is C18H17N3O2. The molecule has 5 rings (SSSR count). The van der Waals surface area contributed by atoms with Gasteiger partial charge in [-0.2, -0.15) is 0 Å². The number of carbonyl (C=O) groups excluding carboxylic acids is 1. The molecule has 1 fully saturated rings. The Labute approximate surface area is 133 Å². The maximum Gasteiger partial charge on any atom is 0.260 e. The van der Waals surface area contributed by atoms with Crippen LogP contribution in [0.3, 0.4) is 0 Å². The van der Waals surface area contributed by atoms with E-state index in [0.29, 0.717) is 11.3 Å². The van der Waals surface area contributed by atoms with Gasteiger partial charge in [0.1, 0.15) is 5.82 Å². The molecule has 1 atom stereocenters. The van der Waals surface area contributed by atoms with Crippen LogP contribution in [-0.2, 0) is 15.8 Å². The van der Waals surface area contributed by atoms with E-state index < -0.39 is 5.60 Å². The van der Waals surface area contributed by atoms with Crippen LogP contribution in [0.15, 0.2) is 30.5 Å². The predicted molar refractivity (Wildman–Crippen MR) is 87.3 cm³/mol. The van der Waals surface area contributed by atoms with E-state index in [4.69, 9.17) is 0 Å². The highest BCUT2D eigenvalue weighted by Gasteiger charge is 2.49. The lowest BCUT2D eigenvalue weighted by molar-refractivity contribution is -0.131. The normalized spacial score (nSPS) is 25.7. The van der Waals surface area contributed by atoms with Crippen LogP contribution in [0.5, 0.6) is 0 Å². The highest BCUT2D eigenvalue weighted by atomic mass is 16.3. The molecule has 3 N–H and O–H groups in total. The number of rotatable bonds is 1. The number of benzene rings is 1. The van der Waals surface area contributed by atoms with Gasteiger partial charge in [-0.15, -0.1) is 0 Å². The molecule has 1 aromatic heterocycles. The zero-order valence-electron chi connectivity index (χ0n) is 12.8. The summed E-state index contributed by atoms with van der Waals surface area (Å²) in [6.45, 7) is 2.51. The topological polar surface area (TPSA) is 74.2 Å². The average Bonchev–Trinajstić information content (AvgIpc) is 3.19. The van der Waals surface area contributed by atoms with Crippen LogP contribution in [0, 0.1) is 0 Å². The molecule has 5 nitrogen and oxygen atoms in total. The van der Waals surface area contributed by atoms with Gasteiger partial charge < -0.3 is 15.7 Å². The van der Waals surface area contributed by atoms with E-state index in [2.05, 4.69) is 21.7 Å². The number of anilines is 2. The lowest BCUT2D eigenvalue weighted by atomic mass is 9.92. The van der Waals surface area contributed by atoms with E-state index in [0.717, 1.165) is 23.5 Å². The number of hydrogen-bond donors (Lipinski definition) is 3. The smallest absolute Gasteiger partial charge is 0.260 e. The van der Waals surface area contributed by atoms with E-state index in [1.165, 1.54) is 25.3 Å². The summed E-state index contributed by atoms with van der Waals surface area (Å²) in [4.78, 5) is 16.4. The van der Waals surface area contributed by atoms with Crippen LogP contribution in [0.25, 0.3) is 11.1 Å². The van der Waals surface area contributed by atoms with E-state index in [1.54, 1.807) is 0 Å². The van der Waals surface area contributed by atoms with Gasteiger partial charge in [0.25, 0.3) is 5.91 Å². The van der Waals surface area contributed by atoms with E-state index in [1.807, 2.05) is 24.4 Å². The summed E-state index contributed by atoms with van der Waals surface area (Å²) < 4.78 is 0. The van der Waals surface area contributed by atoms with Gasteiger partial charge in [-0.3, -0.25) is 4.79 Å². The van der Waals surface area contributed by atoms with Crippen LogP contribution < -0.4 is 10.6 Å². The predicted octanol–water partition coefficient (Wildman–Crippen LogP) is 2.37. The quantitative estimate of drug-likeness (QED) is 0.756. The third kappa shape index (κ3) is 1.65. The third-order valence-corrected chi connectivity index (χ3v) is 5.47. The molecule has 5 heteroatoms. The Hall–Kier alpha value is -2.40. The van der Waals surface area contributed by atoms with Crippen molar-refractivity contribution in [3.63, 3.8) is 0 Å². The van der Waals surface area contributed by atoms with Crippen LogP contribution in [0.4, 0.5) is 11.5 Å². The fourth-order valence-electron chi connectivity index (χ4n) is 3.71. The molecule has 1 amide bonds. The van der Waals surface area contributed by atoms with Gasteiger partial charge in [0, 0.05) is 40.5 Å². The number of pyridine rings is 1. The van der Waals surface area contributed by atoms with Gasteiger partial charge in [-0.1, -0.05) is 6.07 Å². The minimum absolute atomic E-state index is 0.290. The largest absolute Gasteiger partial charge is 0.375 e. The third-order valence-electron chi connectivity index (χ3n) is 5.47. The average molecular weight is 307 g/mol. The second-order valence-electron chi connectivity index (χ2n) is 7.04. The fourth-order valence-corrected chi connectivity index (χ4v) is 3.71. The SMILES string of the molecule is CC1(O)C(=O)Nc2ccc(-c3cnc4c(c3)C3(CC3)CN4)cc21. The number of aromatic nitrogens is 1. The number of amides is 1. The number of nitrogens with zero attached hydrogens (tertiary/aromatic N) is 1. The number of hydrogen-bond acceptors (Lipinski definition) is 4. The molecule has 3 aliphatic rings. The first-order valence-corrected chi connectivity index (χ1v) is 7.93. The maximum absolute atomic E-state index is 11.9. The minimum atomic E-state index is -1.48. The van der Waals surface area contributed by atoms with Crippen molar-refractivity contribution in [1.29, 1.82) is 0 Å². The molecule has 1 unspecified atom stereocenters. The van der Waals surface area contributed by atoms with Crippen molar-refractivity contribution in [3.05, 3.63) is 41.6 Å². The summed E-state index contributed by atoms with van der Waals surface area (Å²) in [7, 11) is 0. The standard InChI is InChI=1S/C18H17N3O2/c1-17(23)12-6-10(2-3-14(12)21-16(17)22)11-7-13-15(19-8-11)20-9-18(13)4-5-18/h2-3,6-8,23H,4-5,9H2,1H3,(H,19,20)(H,21,22). The van der Waals surface area contributed by atoms with Gasteiger partial charge >= 0.3 is 0 Å². The highest BCUT2D eigenvalue weighted by molar-refractivity contribution is 6.05. The van der Waals surface area contributed by atoms with Gasteiger partial charge in [-0.25, -0.2) is 4.98 Å². The van der Waals surface area contributed by atoms with Gasteiger partial charge in [0.15, 0.2) is 5.60 Å². The zero-order valence-corrected chi connectivity index (χ0v) is 12.8. The molecule has 1 aromatic carbocycles. The first-order chi connectivity index (χ1) is 11.0. The molecule has 0 saturated heterocycles. The van der Waals surface area contributed by atoms with Crippen LogP contribution in [0.1, 0.15) is 30.9 Å². The molecule has 2 aliphatic heterocycles. The molecule has 116 valence electrons. The molecular weight excluding hydrogens is 290 g/mol. The van der Waals surface area contributed by atoms with Gasteiger partial charge in [0.05, 0.1) is 0 Å². The summed E-state index contributed by atoms with van der Waals surface area (Å²) in [6, 6.07) is 7.91. The van der Waals surface area contributed by atoms with Crippen molar-refractivity contribution in [1.82, 2.24) is 4.98 Å². The molecule has 1 spiro atoms. The summed E-state index contributed by atoms with van der Waals surface area (Å²) in [5, 5.41) is 16.5. The highest BCUT2D eigenvalue weighted by Crippen LogP contribution is 2.54. The second kappa shape index (κ2) is 3.92. The van der Waals surface area contributed by atoms with E-state index >= 15 is 0 Å². The Morgan fingerprint density at radius 2 is 1.96 bits per heavy atom. The Bertz CT molecular complexity index is 869. The van der Waals surface area contributed by atoms with Gasteiger partial charge in [0.2, 0.25) is 0 Å². The van der Waals surface area contributed by atoms with E-state index in [-0.39, 0.29) is 11.3 Å². The Kier molecular flexibility index (Phi) is 2.23. The summed E-state index contributed by atoms with van der Waals surface area (Å²) in [6.07, 6.45) is 4.29. The van der Waals surface area contributed by atoms with Crippen molar-refractivity contribution in [2.24, 2.45) is 0 Å². The molecule has 0 bridgehead atoms. The summed E-state index contributed by atoms with van der Waals surface area (Å²) in [5.74, 6) is 0.620. The molecule has 2 aromatic rings. The lowest BCUT2D eigenvalue weighted by Gasteiger charge is -2.15. The van der Waals surface area contributed by atoms with E-state index in [9.17, 15) is 9.90 Å². The van der Waals surface area contributed by atoms with Gasteiger partial charge in [-0.05, 0) is 43.5 Å². The van der Waals surface area contributed by atoms with Crippen LogP contribution >= 0.6 is 0 Å². The summed E-state index contributed by atoms with van der Waals surface area (Å²) in [5.41, 5.74) is 3.41. The first kappa shape index (κ1) is 13.1. The maximum atomic E-state index is 11.9. The zero-order chi connectivity index (χ0) is 15.8. The fraction of sp³-hybridized carbons (Fsp3) is 0.333. The van der Waals surface area contributed by atoms with Crippen molar-refractivity contribution in [3.8, 4) is 11.1 Å². The molecule has 23 heavy (non-hydrogen) atoms. The number of carbonyl (C=O) groups is 1. The number of nitrogens with one attached hydrogen (secondary N) is 2. The second-order valence-corrected chi connectivity index (χ2v) is 7.04. The Morgan fingerprint density at radius 3 is 2.74 bits per heavy atom.